The number of nitrogens with zero attached hydrogens (tertiary/aromatic N) is 2. The fraction of sp³-hybridized carbons (Fsp3) is 0.286. The van der Waals surface area contributed by atoms with Crippen LogP contribution in [-0.4, -0.2) is 16.5 Å². The normalized spacial score (nSPS) is 10.2. The van der Waals surface area contributed by atoms with Gasteiger partial charge in [0.15, 0.2) is 0 Å². The van der Waals surface area contributed by atoms with Gasteiger partial charge in [0.25, 0.3) is 0 Å². The highest BCUT2D eigenvalue weighted by atomic mass is 15.1. The molecule has 0 bridgehead atoms. The van der Waals surface area contributed by atoms with Gasteiger partial charge in [-0.15, -0.1) is 0 Å². The van der Waals surface area contributed by atoms with Crippen LogP contribution < -0.4 is 5.32 Å². The molecule has 17 heavy (non-hydrogen) atoms. The quantitative estimate of drug-likeness (QED) is 0.872. The number of hydrogen-bond donors (Lipinski definition) is 1. The summed E-state index contributed by atoms with van der Waals surface area (Å²) < 4.78 is 0. The van der Waals surface area contributed by atoms with Gasteiger partial charge in [0.05, 0.1) is 0 Å². The van der Waals surface area contributed by atoms with Gasteiger partial charge in [-0.05, 0) is 31.9 Å². The largest absolute Gasteiger partial charge is 0.354 e. The van der Waals surface area contributed by atoms with Crippen molar-refractivity contribution >= 4 is 5.95 Å². The van der Waals surface area contributed by atoms with E-state index in [2.05, 4.69) is 39.6 Å². The Hall–Kier alpha value is -1.90. The molecule has 0 saturated carbocycles. The van der Waals surface area contributed by atoms with Crippen LogP contribution in [0.2, 0.25) is 0 Å². The van der Waals surface area contributed by atoms with Gasteiger partial charge in [-0.2, -0.15) is 0 Å². The second-order valence-corrected chi connectivity index (χ2v) is 4.14. The van der Waals surface area contributed by atoms with E-state index < -0.39 is 0 Å². The van der Waals surface area contributed by atoms with E-state index in [0.29, 0.717) is 0 Å². The van der Waals surface area contributed by atoms with E-state index in [0.717, 1.165) is 30.3 Å². The van der Waals surface area contributed by atoms with E-state index in [1.54, 1.807) is 0 Å². The van der Waals surface area contributed by atoms with E-state index in [1.165, 1.54) is 5.56 Å². The Bertz CT molecular complexity index is 460. The first kappa shape index (κ1) is 11.6. The Morgan fingerprint density at radius 3 is 2.29 bits per heavy atom. The third-order valence-corrected chi connectivity index (χ3v) is 2.52. The summed E-state index contributed by atoms with van der Waals surface area (Å²) in [6.45, 7) is 4.82. The number of nitrogens with one attached hydrogen (secondary N) is 1. The molecule has 3 heteroatoms. The van der Waals surface area contributed by atoms with Crippen LogP contribution in [0.25, 0.3) is 0 Å². The number of benzene rings is 1. The van der Waals surface area contributed by atoms with Crippen LogP contribution in [0, 0.1) is 13.8 Å². The van der Waals surface area contributed by atoms with Crippen LogP contribution in [-0.2, 0) is 6.42 Å². The number of anilines is 1. The number of aromatic nitrogens is 2. The zero-order valence-corrected chi connectivity index (χ0v) is 10.3. The SMILES string of the molecule is Cc1cc(C)nc(NCCc2ccccc2)n1. The van der Waals surface area contributed by atoms with Crippen molar-refractivity contribution in [2.75, 3.05) is 11.9 Å². The Morgan fingerprint density at radius 2 is 1.65 bits per heavy atom. The van der Waals surface area contributed by atoms with Gasteiger partial charge in [0, 0.05) is 17.9 Å². The molecule has 0 saturated heterocycles. The molecule has 1 N–H and O–H groups in total. The van der Waals surface area contributed by atoms with Crippen molar-refractivity contribution in [2.45, 2.75) is 20.3 Å². The fourth-order valence-electron chi connectivity index (χ4n) is 1.77. The number of rotatable bonds is 4. The van der Waals surface area contributed by atoms with Crippen molar-refractivity contribution in [1.82, 2.24) is 9.97 Å². The highest BCUT2D eigenvalue weighted by molar-refractivity contribution is 5.28. The Balaban J connectivity index is 1.90. The van der Waals surface area contributed by atoms with Crippen molar-refractivity contribution in [1.29, 1.82) is 0 Å². The first-order valence-electron chi connectivity index (χ1n) is 5.84. The zero-order valence-electron chi connectivity index (χ0n) is 10.3. The lowest BCUT2D eigenvalue weighted by Gasteiger charge is -2.06. The van der Waals surface area contributed by atoms with Crippen LogP contribution in [0.5, 0.6) is 0 Å². The number of aryl methyl sites for hydroxylation is 2. The molecule has 1 aromatic carbocycles. The summed E-state index contributed by atoms with van der Waals surface area (Å²) in [6, 6.07) is 12.4. The molecule has 2 aromatic rings. The van der Waals surface area contributed by atoms with Crippen molar-refractivity contribution < 1.29 is 0 Å². The molecule has 0 aliphatic rings. The molecule has 1 aromatic heterocycles. The second-order valence-electron chi connectivity index (χ2n) is 4.14. The van der Waals surface area contributed by atoms with Crippen molar-refractivity contribution in [2.24, 2.45) is 0 Å². The van der Waals surface area contributed by atoms with Gasteiger partial charge in [0.1, 0.15) is 0 Å². The molecular formula is C14H17N3. The van der Waals surface area contributed by atoms with Crippen LogP contribution in [0.1, 0.15) is 17.0 Å². The highest BCUT2D eigenvalue weighted by Crippen LogP contribution is 2.04. The van der Waals surface area contributed by atoms with Crippen molar-refractivity contribution in [3.8, 4) is 0 Å². The first-order valence-corrected chi connectivity index (χ1v) is 5.84. The van der Waals surface area contributed by atoms with E-state index in [4.69, 9.17) is 0 Å². The molecule has 0 atom stereocenters. The minimum Gasteiger partial charge on any atom is -0.354 e. The summed E-state index contributed by atoms with van der Waals surface area (Å²) in [5.74, 6) is 0.721. The molecule has 3 nitrogen and oxygen atoms in total. The maximum atomic E-state index is 4.34. The van der Waals surface area contributed by atoms with Gasteiger partial charge in [0.2, 0.25) is 5.95 Å². The lowest BCUT2D eigenvalue weighted by molar-refractivity contribution is 0.963. The summed E-state index contributed by atoms with van der Waals surface area (Å²) >= 11 is 0. The van der Waals surface area contributed by atoms with E-state index in [9.17, 15) is 0 Å². The zero-order chi connectivity index (χ0) is 12.1. The predicted molar refractivity (Wildman–Crippen MR) is 70.1 cm³/mol. The molecule has 0 aliphatic carbocycles. The van der Waals surface area contributed by atoms with Crippen molar-refractivity contribution in [3.63, 3.8) is 0 Å². The van der Waals surface area contributed by atoms with Gasteiger partial charge in [-0.3, -0.25) is 0 Å². The maximum Gasteiger partial charge on any atom is 0.223 e. The minimum absolute atomic E-state index is 0.721. The summed E-state index contributed by atoms with van der Waals surface area (Å²) in [5, 5.41) is 3.25. The van der Waals surface area contributed by atoms with Crippen LogP contribution >= 0.6 is 0 Å². The fourth-order valence-corrected chi connectivity index (χ4v) is 1.77. The van der Waals surface area contributed by atoms with E-state index in [-0.39, 0.29) is 0 Å². The topological polar surface area (TPSA) is 37.8 Å². The minimum atomic E-state index is 0.721. The standard InChI is InChI=1S/C14H17N3/c1-11-10-12(2)17-14(16-11)15-9-8-13-6-4-3-5-7-13/h3-7,10H,8-9H2,1-2H3,(H,15,16,17). The molecule has 0 unspecified atom stereocenters. The molecule has 0 fully saturated rings. The summed E-state index contributed by atoms with van der Waals surface area (Å²) in [4.78, 5) is 8.69. The van der Waals surface area contributed by atoms with Crippen LogP contribution in [0.3, 0.4) is 0 Å². The summed E-state index contributed by atoms with van der Waals surface area (Å²) in [5.41, 5.74) is 3.32. The van der Waals surface area contributed by atoms with E-state index in [1.807, 2.05) is 26.0 Å². The third-order valence-electron chi connectivity index (χ3n) is 2.52. The molecular weight excluding hydrogens is 210 g/mol. The average molecular weight is 227 g/mol. The molecule has 0 spiro atoms. The van der Waals surface area contributed by atoms with Crippen molar-refractivity contribution in [3.05, 3.63) is 53.3 Å². The Labute approximate surface area is 102 Å². The smallest absolute Gasteiger partial charge is 0.223 e. The van der Waals surface area contributed by atoms with Gasteiger partial charge in [-0.1, -0.05) is 30.3 Å². The third kappa shape index (κ3) is 3.55. The van der Waals surface area contributed by atoms with Gasteiger partial charge in [-0.25, -0.2) is 9.97 Å². The predicted octanol–water partition coefficient (Wildman–Crippen LogP) is 2.75. The van der Waals surface area contributed by atoms with Gasteiger partial charge < -0.3 is 5.32 Å². The Kier molecular flexibility index (Phi) is 3.70. The van der Waals surface area contributed by atoms with Crippen LogP contribution in [0.4, 0.5) is 5.95 Å². The van der Waals surface area contributed by atoms with Crippen LogP contribution in [0.15, 0.2) is 36.4 Å². The lowest BCUT2D eigenvalue weighted by atomic mass is 10.1. The Morgan fingerprint density at radius 1 is 1.00 bits per heavy atom. The average Bonchev–Trinajstić information content (AvgIpc) is 2.29. The molecule has 0 aliphatic heterocycles. The summed E-state index contributed by atoms with van der Waals surface area (Å²) in [6.07, 6.45) is 0.983. The molecule has 88 valence electrons. The second kappa shape index (κ2) is 5.43. The maximum absolute atomic E-state index is 4.34. The monoisotopic (exact) mass is 227 g/mol. The van der Waals surface area contributed by atoms with E-state index >= 15 is 0 Å². The first-order chi connectivity index (χ1) is 8.24. The lowest BCUT2D eigenvalue weighted by Crippen LogP contribution is -2.09. The summed E-state index contributed by atoms with van der Waals surface area (Å²) in [7, 11) is 0. The van der Waals surface area contributed by atoms with Gasteiger partial charge >= 0.3 is 0 Å². The molecule has 0 radical (unpaired) electrons. The molecule has 2 rings (SSSR count). The number of hydrogen-bond acceptors (Lipinski definition) is 3. The highest BCUT2D eigenvalue weighted by Gasteiger charge is 1.98. The molecule has 1 heterocycles. The molecule has 0 amide bonds.